The SMILES string of the molecule is O=C(Nc1cccc(C(F)(F)F)c1)c1cccc(NC(=S)NC(=O)c2ccccc2F)c1. The van der Waals surface area contributed by atoms with E-state index >= 15 is 0 Å². The second-order valence-electron chi connectivity index (χ2n) is 6.50. The molecule has 5 nitrogen and oxygen atoms in total. The molecule has 0 aliphatic carbocycles. The molecular formula is C22H15F4N3O2S. The van der Waals surface area contributed by atoms with E-state index in [0.717, 1.165) is 18.2 Å². The average Bonchev–Trinajstić information content (AvgIpc) is 2.73. The zero-order valence-electron chi connectivity index (χ0n) is 16.2. The lowest BCUT2D eigenvalue weighted by Gasteiger charge is -2.12. The number of amides is 2. The van der Waals surface area contributed by atoms with Gasteiger partial charge in [0.05, 0.1) is 11.1 Å². The molecule has 0 spiro atoms. The number of nitrogens with one attached hydrogen (secondary N) is 3. The maximum Gasteiger partial charge on any atom is 0.416 e. The Morgan fingerprint density at radius 2 is 1.44 bits per heavy atom. The molecule has 0 atom stereocenters. The summed E-state index contributed by atoms with van der Waals surface area (Å²) in [7, 11) is 0. The summed E-state index contributed by atoms with van der Waals surface area (Å²) in [4.78, 5) is 24.6. The first kappa shape index (κ1) is 22.9. The molecule has 0 aromatic heterocycles. The minimum atomic E-state index is -4.53. The Morgan fingerprint density at radius 3 is 2.12 bits per heavy atom. The molecule has 164 valence electrons. The van der Waals surface area contributed by atoms with Crippen LogP contribution in [-0.2, 0) is 6.18 Å². The number of alkyl halides is 3. The van der Waals surface area contributed by atoms with Gasteiger partial charge in [-0.1, -0.05) is 24.3 Å². The first-order chi connectivity index (χ1) is 15.1. The van der Waals surface area contributed by atoms with Crippen LogP contribution in [0.4, 0.5) is 28.9 Å². The standard InChI is InChI=1S/C22H15F4N3O2S/c23-18-10-2-1-9-17(18)20(31)29-21(32)28-15-7-3-5-13(11-15)19(30)27-16-8-4-6-14(12-16)22(24,25)26/h1-12H,(H,27,30)(H2,28,29,31,32). The van der Waals surface area contributed by atoms with Gasteiger partial charge < -0.3 is 10.6 Å². The molecule has 3 rings (SSSR count). The van der Waals surface area contributed by atoms with E-state index in [4.69, 9.17) is 12.2 Å². The molecule has 3 aromatic rings. The molecule has 0 unspecified atom stereocenters. The highest BCUT2D eigenvalue weighted by Gasteiger charge is 2.30. The topological polar surface area (TPSA) is 70.2 Å². The molecule has 32 heavy (non-hydrogen) atoms. The lowest BCUT2D eigenvalue weighted by molar-refractivity contribution is -0.137. The van der Waals surface area contributed by atoms with Crippen molar-refractivity contribution in [3.63, 3.8) is 0 Å². The van der Waals surface area contributed by atoms with Gasteiger partial charge in [0.1, 0.15) is 5.82 Å². The van der Waals surface area contributed by atoms with Crippen molar-refractivity contribution in [1.29, 1.82) is 0 Å². The van der Waals surface area contributed by atoms with Gasteiger partial charge in [-0.3, -0.25) is 14.9 Å². The Hall–Kier alpha value is -3.79. The van der Waals surface area contributed by atoms with Crippen molar-refractivity contribution in [3.05, 3.63) is 95.3 Å². The van der Waals surface area contributed by atoms with Crippen molar-refractivity contribution in [2.75, 3.05) is 10.6 Å². The van der Waals surface area contributed by atoms with E-state index in [1.165, 1.54) is 48.5 Å². The average molecular weight is 461 g/mol. The lowest BCUT2D eigenvalue weighted by atomic mass is 10.1. The van der Waals surface area contributed by atoms with Gasteiger partial charge in [0.15, 0.2) is 5.11 Å². The van der Waals surface area contributed by atoms with Gasteiger partial charge in [0.25, 0.3) is 11.8 Å². The number of hydrogen-bond donors (Lipinski definition) is 3. The number of rotatable bonds is 4. The number of anilines is 2. The number of carbonyl (C=O) groups excluding carboxylic acids is 2. The Kier molecular flexibility index (Phi) is 6.84. The van der Waals surface area contributed by atoms with E-state index in [0.29, 0.717) is 5.69 Å². The summed E-state index contributed by atoms with van der Waals surface area (Å²) in [5, 5.41) is 7.30. The van der Waals surface area contributed by atoms with Crippen LogP contribution in [0.3, 0.4) is 0 Å². The zero-order valence-corrected chi connectivity index (χ0v) is 17.0. The number of benzene rings is 3. The summed E-state index contributed by atoms with van der Waals surface area (Å²) in [5.41, 5.74) is -0.625. The van der Waals surface area contributed by atoms with Crippen LogP contribution in [0.25, 0.3) is 0 Å². The van der Waals surface area contributed by atoms with E-state index in [2.05, 4.69) is 16.0 Å². The normalized spacial score (nSPS) is 10.9. The highest BCUT2D eigenvalue weighted by molar-refractivity contribution is 7.80. The smallest absolute Gasteiger partial charge is 0.332 e. The van der Waals surface area contributed by atoms with E-state index in [9.17, 15) is 27.2 Å². The third kappa shape index (κ3) is 5.88. The van der Waals surface area contributed by atoms with Crippen LogP contribution in [0, 0.1) is 5.82 Å². The summed E-state index contributed by atoms with van der Waals surface area (Å²) >= 11 is 5.05. The Bertz CT molecular complexity index is 1180. The van der Waals surface area contributed by atoms with Crippen LogP contribution in [0.15, 0.2) is 72.8 Å². The van der Waals surface area contributed by atoms with Gasteiger partial charge in [-0.25, -0.2) is 4.39 Å². The van der Waals surface area contributed by atoms with Gasteiger partial charge >= 0.3 is 6.18 Å². The Labute approximate surface area is 185 Å². The molecule has 0 fully saturated rings. The minimum Gasteiger partial charge on any atom is -0.332 e. The van der Waals surface area contributed by atoms with E-state index < -0.39 is 29.4 Å². The van der Waals surface area contributed by atoms with Crippen molar-refractivity contribution in [2.24, 2.45) is 0 Å². The first-order valence-electron chi connectivity index (χ1n) is 9.09. The summed E-state index contributed by atoms with van der Waals surface area (Å²) in [5.74, 6) is -2.10. The van der Waals surface area contributed by atoms with Gasteiger partial charge in [0.2, 0.25) is 0 Å². The fourth-order valence-electron chi connectivity index (χ4n) is 2.69. The van der Waals surface area contributed by atoms with Gasteiger partial charge in [0, 0.05) is 16.9 Å². The first-order valence-corrected chi connectivity index (χ1v) is 9.50. The van der Waals surface area contributed by atoms with Crippen molar-refractivity contribution >= 4 is 40.5 Å². The molecule has 0 aliphatic heterocycles. The maximum atomic E-state index is 13.7. The number of halogens is 4. The molecule has 0 heterocycles. The summed E-state index contributed by atoms with van der Waals surface area (Å²) in [6.45, 7) is 0. The van der Waals surface area contributed by atoms with Crippen LogP contribution >= 0.6 is 12.2 Å². The van der Waals surface area contributed by atoms with Crippen LogP contribution < -0.4 is 16.0 Å². The van der Waals surface area contributed by atoms with Crippen molar-refractivity contribution in [3.8, 4) is 0 Å². The molecular weight excluding hydrogens is 446 g/mol. The van der Waals surface area contributed by atoms with Gasteiger partial charge in [-0.2, -0.15) is 13.2 Å². The Morgan fingerprint density at radius 1 is 0.781 bits per heavy atom. The van der Waals surface area contributed by atoms with E-state index in [-0.39, 0.29) is 21.9 Å². The number of hydrogen-bond acceptors (Lipinski definition) is 3. The zero-order chi connectivity index (χ0) is 23.3. The largest absolute Gasteiger partial charge is 0.416 e. The third-order valence-electron chi connectivity index (χ3n) is 4.18. The molecule has 3 N–H and O–H groups in total. The van der Waals surface area contributed by atoms with Crippen molar-refractivity contribution in [1.82, 2.24) is 5.32 Å². The summed E-state index contributed by atoms with van der Waals surface area (Å²) in [6, 6.07) is 15.6. The predicted octanol–water partition coefficient (Wildman–Crippen LogP) is 5.22. The van der Waals surface area contributed by atoms with Gasteiger partial charge in [-0.15, -0.1) is 0 Å². The summed E-state index contributed by atoms with van der Waals surface area (Å²) in [6.07, 6.45) is -4.53. The molecule has 0 saturated heterocycles. The fraction of sp³-hybridized carbons (Fsp3) is 0.0455. The Balaban J connectivity index is 1.66. The molecule has 0 aliphatic rings. The number of carbonyl (C=O) groups is 2. The molecule has 0 bridgehead atoms. The van der Waals surface area contributed by atoms with Crippen LogP contribution in [-0.4, -0.2) is 16.9 Å². The highest BCUT2D eigenvalue weighted by atomic mass is 32.1. The van der Waals surface area contributed by atoms with Crippen molar-refractivity contribution < 1.29 is 27.2 Å². The van der Waals surface area contributed by atoms with E-state index in [1.807, 2.05) is 0 Å². The van der Waals surface area contributed by atoms with E-state index in [1.54, 1.807) is 6.07 Å². The molecule has 10 heteroatoms. The molecule has 0 saturated carbocycles. The minimum absolute atomic E-state index is 0.0177. The molecule has 3 aromatic carbocycles. The van der Waals surface area contributed by atoms with Crippen LogP contribution in [0.1, 0.15) is 26.3 Å². The highest BCUT2D eigenvalue weighted by Crippen LogP contribution is 2.30. The molecule has 2 amide bonds. The second kappa shape index (κ2) is 9.56. The predicted molar refractivity (Wildman–Crippen MR) is 116 cm³/mol. The van der Waals surface area contributed by atoms with Crippen molar-refractivity contribution in [2.45, 2.75) is 6.18 Å². The third-order valence-corrected chi connectivity index (χ3v) is 4.38. The monoisotopic (exact) mass is 461 g/mol. The quantitative estimate of drug-likeness (QED) is 0.368. The lowest BCUT2D eigenvalue weighted by Crippen LogP contribution is -2.34. The fourth-order valence-corrected chi connectivity index (χ4v) is 2.90. The second-order valence-corrected chi connectivity index (χ2v) is 6.91. The number of thiocarbonyl (C=S) groups is 1. The molecule has 0 radical (unpaired) electrons. The maximum absolute atomic E-state index is 13.7. The summed E-state index contributed by atoms with van der Waals surface area (Å²) < 4.78 is 52.2. The van der Waals surface area contributed by atoms with Crippen LogP contribution in [0.2, 0.25) is 0 Å². The van der Waals surface area contributed by atoms with Crippen LogP contribution in [0.5, 0.6) is 0 Å². The van der Waals surface area contributed by atoms with Gasteiger partial charge in [-0.05, 0) is 60.7 Å².